The number of hydrogen-bond donors (Lipinski definition) is 0. The molecule has 0 saturated carbocycles. The first-order valence-corrected chi connectivity index (χ1v) is 3.73. The van der Waals surface area contributed by atoms with Crippen LogP contribution >= 0.6 is 0 Å². The van der Waals surface area contributed by atoms with E-state index < -0.39 is 0 Å². The number of rotatable bonds is 1. The SMILES string of the molecule is COc1cccc[c]1[Pt]. The molecule has 0 amide bonds. The van der Waals surface area contributed by atoms with Gasteiger partial charge in [0.1, 0.15) is 0 Å². The Morgan fingerprint density at radius 1 is 1.33 bits per heavy atom. The Bertz CT molecular complexity index is 198. The molecule has 1 rings (SSSR count). The van der Waals surface area contributed by atoms with Crippen molar-refractivity contribution in [3.8, 4) is 5.75 Å². The molecule has 0 aromatic heterocycles. The van der Waals surface area contributed by atoms with E-state index in [1.807, 2.05) is 24.3 Å². The van der Waals surface area contributed by atoms with Gasteiger partial charge in [0.25, 0.3) is 0 Å². The first-order valence-electron chi connectivity index (χ1n) is 2.60. The Balaban J connectivity index is 3.01. The van der Waals surface area contributed by atoms with Gasteiger partial charge in [-0.05, 0) is 0 Å². The fourth-order valence-corrected chi connectivity index (χ4v) is 1.23. The molecule has 0 saturated heterocycles. The molecule has 0 unspecified atom stereocenters. The molecule has 0 bridgehead atoms. The molecule has 0 spiro atoms. The van der Waals surface area contributed by atoms with Gasteiger partial charge in [-0.1, -0.05) is 0 Å². The number of para-hydroxylation sites is 1. The maximum absolute atomic E-state index is 5.04. The van der Waals surface area contributed by atoms with Crippen LogP contribution in [0, 0.1) is 0 Å². The minimum absolute atomic E-state index is 0.944. The predicted octanol–water partition coefficient (Wildman–Crippen LogP) is 0.867. The molecule has 0 radical (unpaired) electrons. The zero-order valence-corrected chi connectivity index (χ0v) is 7.31. The number of hydrogen-bond acceptors (Lipinski definition) is 1. The summed E-state index contributed by atoms with van der Waals surface area (Å²) in [5.74, 6) is 0.944. The first-order chi connectivity index (χ1) is 4.34. The van der Waals surface area contributed by atoms with Crippen LogP contribution in [0.4, 0.5) is 0 Å². The third kappa shape index (κ3) is 1.56. The van der Waals surface area contributed by atoms with Crippen molar-refractivity contribution < 1.29 is 24.6 Å². The van der Waals surface area contributed by atoms with Crippen molar-refractivity contribution in [1.29, 1.82) is 0 Å². The summed E-state index contributed by atoms with van der Waals surface area (Å²) in [5, 5.41) is 0. The van der Waals surface area contributed by atoms with Crippen molar-refractivity contribution in [1.82, 2.24) is 0 Å². The normalized spacial score (nSPS) is 9.22. The summed E-state index contributed by atoms with van der Waals surface area (Å²) in [6, 6.07) is 7.91. The molecule has 0 atom stereocenters. The number of benzene rings is 1. The number of methoxy groups -OCH3 is 1. The molecular formula is C7H7OPt. The van der Waals surface area contributed by atoms with Gasteiger partial charge in [0.2, 0.25) is 0 Å². The van der Waals surface area contributed by atoms with Gasteiger partial charge in [0, 0.05) is 0 Å². The monoisotopic (exact) mass is 302 g/mol. The summed E-state index contributed by atoms with van der Waals surface area (Å²) in [6.45, 7) is 0. The van der Waals surface area contributed by atoms with Crippen molar-refractivity contribution in [3.63, 3.8) is 0 Å². The van der Waals surface area contributed by atoms with Crippen LogP contribution in [0.2, 0.25) is 0 Å². The van der Waals surface area contributed by atoms with E-state index in [4.69, 9.17) is 4.74 Å². The quantitative estimate of drug-likeness (QED) is 0.748. The molecule has 9 heavy (non-hydrogen) atoms. The molecule has 0 aliphatic rings. The molecule has 2 heteroatoms. The van der Waals surface area contributed by atoms with E-state index in [0.717, 1.165) is 9.70 Å². The van der Waals surface area contributed by atoms with Crippen LogP contribution in [-0.4, -0.2) is 7.11 Å². The van der Waals surface area contributed by atoms with E-state index in [0.29, 0.717) is 0 Å². The maximum atomic E-state index is 5.04. The zero-order chi connectivity index (χ0) is 6.69. The molecule has 0 fully saturated rings. The van der Waals surface area contributed by atoms with Crippen molar-refractivity contribution in [2.24, 2.45) is 0 Å². The Kier molecular flexibility index (Phi) is 2.29. The van der Waals surface area contributed by atoms with E-state index in [1.165, 1.54) is 0 Å². The van der Waals surface area contributed by atoms with Gasteiger partial charge < -0.3 is 0 Å². The summed E-state index contributed by atoms with van der Waals surface area (Å²) >= 11 is 2.22. The van der Waals surface area contributed by atoms with Gasteiger partial charge in [0.15, 0.2) is 0 Å². The standard InChI is InChI=1S/C7H7O.Pt/c1-8-7-5-3-2-4-6-7;/h2-5H,1H3;. The summed E-state index contributed by atoms with van der Waals surface area (Å²) in [7, 11) is 1.68. The second kappa shape index (κ2) is 3.03. The molecule has 0 heterocycles. The fraction of sp³-hybridized carbons (Fsp3) is 0.143. The molecule has 1 aromatic carbocycles. The topological polar surface area (TPSA) is 9.23 Å². The summed E-state index contributed by atoms with van der Waals surface area (Å²) < 4.78 is 6.19. The summed E-state index contributed by atoms with van der Waals surface area (Å²) in [6.07, 6.45) is 0. The van der Waals surface area contributed by atoms with Gasteiger partial charge >= 0.3 is 65.6 Å². The predicted molar refractivity (Wildman–Crippen MR) is 32.6 cm³/mol. The van der Waals surface area contributed by atoms with E-state index in [2.05, 4.69) is 19.8 Å². The second-order valence-corrected chi connectivity index (χ2v) is 2.83. The third-order valence-electron chi connectivity index (χ3n) is 1.03. The van der Waals surface area contributed by atoms with E-state index in [-0.39, 0.29) is 0 Å². The molecule has 0 aliphatic heterocycles. The van der Waals surface area contributed by atoms with Crippen LogP contribution in [0.25, 0.3) is 0 Å². The Morgan fingerprint density at radius 3 is 2.44 bits per heavy atom. The van der Waals surface area contributed by atoms with Crippen LogP contribution in [0.3, 0.4) is 0 Å². The first kappa shape index (κ1) is 6.82. The van der Waals surface area contributed by atoms with Gasteiger partial charge in [-0.2, -0.15) is 0 Å². The summed E-state index contributed by atoms with van der Waals surface area (Å²) in [5.41, 5.74) is 0. The summed E-state index contributed by atoms with van der Waals surface area (Å²) in [4.78, 5) is 0. The molecule has 1 nitrogen and oxygen atoms in total. The molecule has 51 valence electrons. The van der Waals surface area contributed by atoms with Crippen molar-refractivity contribution in [2.45, 2.75) is 0 Å². The van der Waals surface area contributed by atoms with Crippen molar-refractivity contribution >= 4 is 3.95 Å². The second-order valence-electron chi connectivity index (χ2n) is 1.60. The average Bonchev–Trinajstić information content (AvgIpc) is 1.89. The van der Waals surface area contributed by atoms with E-state index >= 15 is 0 Å². The van der Waals surface area contributed by atoms with Crippen LogP contribution in [0.5, 0.6) is 5.75 Å². The Hall–Kier alpha value is -0.292. The Morgan fingerprint density at radius 2 is 2.00 bits per heavy atom. The van der Waals surface area contributed by atoms with E-state index in [9.17, 15) is 0 Å². The van der Waals surface area contributed by atoms with E-state index in [1.54, 1.807) is 7.11 Å². The third-order valence-corrected chi connectivity index (χ3v) is 1.97. The Labute approximate surface area is 65.9 Å². The van der Waals surface area contributed by atoms with Crippen molar-refractivity contribution in [3.05, 3.63) is 24.3 Å². The molecular weight excluding hydrogens is 295 g/mol. The van der Waals surface area contributed by atoms with Gasteiger partial charge in [-0.15, -0.1) is 0 Å². The van der Waals surface area contributed by atoms with Crippen LogP contribution in [0.1, 0.15) is 0 Å². The van der Waals surface area contributed by atoms with Crippen LogP contribution in [0.15, 0.2) is 24.3 Å². The zero-order valence-electron chi connectivity index (χ0n) is 5.03. The van der Waals surface area contributed by atoms with Gasteiger partial charge in [-0.3, -0.25) is 0 Å². The minimum atomic E-state index is 0.944. The van der Waals surface area contributed by atoms with Gasteiger partial charge in [0.05, 0.1) is 0 Å². The van der Waals surface area contributed by atoms with Crippen LogP contribution < -0.4 is 8.69 Å². The van der Waals surface area contributed by atoms with Crippen molar-refractivity contribution in [2.75, 3.05) is 7.11 Å². The number of ether oxygens (including phenoxy) is 1. The van der Waals surface area contributed by atoms with Gasteiger partial charge in [-0.25, -0.2) is 0 Å². The molecule has 0 N–H and O–H groups in total. The molecule has 0 aliphatic carbocycles. The molecule has 1 aromatic rings. The van der Waals surface area contributed by atoms with Crippen LogP contribution in [-0.2, 0) is 19.8 Å². The fourth-order valence-electron chi connectivity index (χ4n) is 0.593. The average molecular weight is 302 g/mol.